The average Bonchev–Trinajstić information content (AvgIpc) is 2.27. The summed E-state index contributed by atoms with van der Waals surface area (Å²) in [7, 11) is -0.935. The highest BCUT2D eigenvalue weighted by molar-refractivity contribution is 7.84. The lowest BCUT2D eigenvalue weighted by Crippen LogP contribution is -2.36. The van der Waals surface area contributed by atoms with Gasteiger partial charge in [0.2, 0.25) is 0 Å². The molecule has 0 fully saturated rings. The van der Waals surface area contributed by atoms with E-state index in [1.54, 1.807) is 18.4 Å². The van der Waals surface area contributed by atoms with Crippen LogP contribution in [0, 0.1) is 6.92 Å². The number of hydrogen-bond donors (Lipinski definition) is 3. The molecule has 0 saturated carbocycles. The molecule has 0 bridgehead atoms. The maximum Gasteiger partial charge on any atom is 0.253 e. The zero-order valence-electron chi connectivity index (χ0n) is 10.8. The molecule has 1 amide bonds. The molecule has 5 nitrogen and oxygen atoms in total. The van der Waals surface area contributed by atoms with Crippen LogP contribution < -0.4 is 16.6 Å². The molecule has 0 radical (unpaired) electrons. The standard InChI is InChI=1S/C12H19N3O2S/c1-8-4-5-11(15-13)10(6-8)12(16)14-9(2)7-18(3)17/h4-6,9,15H,7,13H2,1-3H3,(H,14,16). The molecular formula is C12H19N3O2S. The monoisotopic (exact) mass is 269 g/mol. The molecule has 1 rings (SSSR count). The van der Waals surface area contributed by atoms with E-state index in [2.05, 4.69) is 10.7 Å². The van der Waals surface area contributed by atoms with Gasteiger partial charge in [0.1, 0.15) is 0 Å². The predicted octanol–water partition coefficient (Wildman–Crippen LogP) is 0.777. The van der Waals surface area contributed by atoms with Crippen molar-refractivity contribution in [3.8, 4) is 0 Å². The number of anilines is 1. The van der Waals surface area contributed by atoms with Gasteiger partial charge in [0.05, 0.1) is 11.3 Å². The fourth-order valence-electron chi connectivity index (χ4n) is 1.67. The summed E-state index contributed by atoms with van der Waals surface area (Å²) < 4.78 is 11.1. The van der Waals surface area contributed by atoms with Gasteiger partial charge in [0.25, 0.3) is 5.91 Å². The summed E-state index contributed by atoms with van der Waals surface area (Å²) in [5.41, 5.74) is 4.54. The van der Waals surface area contributed by atoms with E-state index in [-0.39, 0.29) is 11.9 Å². The Morgan fingerprint density at radius 1 is 1.50 bits per heavy atom. The van der Waals surface area contributed by atoms with E-state index in [0.717, 1.165) is 5.56 Å². The quantitative estimate of drug-likeness (QED) is 0.545. The van der Waals surface area contributed by atoms with Crippen LogP contribution in [0.3, 0.4) is 0 Å². The van der Waals surface area contributed by atoms with Gasteiger partial charge in [0.15, 0.2) is 0 Å². The Hall–Kier alpha value is -1.40. The van der Waals surface area contributed by atoms with Crippen LogP contribution in [0.5, 0.6) is 0 Å². The van der Waals surface area contributed by atoms with Crippen molar-refractivity contribution < 1.29 is 9.00 Å². The molecule has 2 atom stereocenters. The molecule has 0 spiro atoms. The smallest absolute Gasteiger partial charge is 0.253 e. The van der Waals surface area contributed by atoms with Gasteiger partial charge in [-0.3, -0.25) is 14.8 Å². The summed E-state index contributed by atoms with van der Waals surface area (Å²) in [5, 5.41) is 2.80. The predicted molar refractivity (Wildman–Crippen MR) is 74.9 cm³/mol. The molecule has 0 heterocycles. The minimum absolute atomic E-state index is 0.144. The van der Waals surface area contributed by atoms with E-state index in [1.165, 1.54) is 0 Å². The summed E-state index contributed by atoms with van der Waals surface area (Å²) in [6, 6.07) is 5.25. The second kappa shape index (κ2) is 6.51. The normalized spacial score (nSPS) is 13.8. The number of nitrogens with one attached hydrogen (secondary N) is 2. The van der Waals surface area contributed by atoms with Crippen LogP contribution in [-0.4, -0.2) is 28.2 Å². The number of nitrogen functional groups attached to an aromatic ring is 1. The molecule has 18 heavy (non-hydrogen) atoms. The lowest BCUT2D eigenvalue weighted by atomic mass is 10.1. The number of hydrazine groups is 1. The minimum atomic E-state index is -0.935. The Labute approximate surface area is 110 Å². The van der Waals surface area contributed by atoms with Crippen LogP contribution in [-0.2, 0) is 10.8 Å². The zero-order valence-corrected chi connectivity index (χ0v) is 11.6. The van der Waals surface area contributed by atoms with Crippen LogP contribution in [0.2, 0.25) is 0 Å². The van der Waals surface area contributed by atoms with Gasteiger partial charge < -0.3 is 10.7 Å². The average molecular weight is 269 g/mol. The second-order valence-electron chi connectivity index (χ2n) is 4.31. The maximum absolute atomic E-state index is 12.1. The number of carbonyl (C=O) groups is 1. The number of aryl methyl sites for hydroxylation is 1. The summed E-state index contributed by atoms with van der Waals surface area (Å²) in [4.78, 5) is 12.1. The fourth-order valence-corrected chi connectivity index (χ4v) is 2.45. The Balaban J connectivity index is 2.83. The summed E-state index contributed by atoms with van der Waals surface area (Å²) in [6.07, 6.45) is 1.61. The second-order valence-corrected chi connectivity index (χ2v) is 5.79. The molecule has 0 aliphatic carbocycles. The van der Waals surface area contributed by atoms with E-state index in [4.69, 9.17) is 5.84 Å². The summed E-state index contributed by atoms with van der Waals surface area (Å²) in [6.45, 7) is 3.73. The number of hydrogen-bond acceptors (Lipinski definition) is 4. The molecule has 100 valence electrons. The molecule has 6 heteroatoms. The van der Waals surface area contributed by atoms with Crippen molar-refractivity contribution in [3.63, 3.8) is 0 Å². The van der Waals surface area contributed by atoms with Crippen LogP contribution in [0.15, 0.2) is 18.2 Å². The molecule has 2 unspecified atom stereocenters. The van der Waals surface area contributed by atoms with E-state index in [1.807, 2.05) is 19.9 Å². The van der Waals surface area contributed by atoms with Crippen molar-refractivity contribution in [1.82, 2.24) is 5.32 Å². The fraction of sp³-hybridized carbons (Fsp3) is 0.417. The van der Waals surface area contributed by atoms with Gasteiger partial charge >= 0.3 is 0 Å². The van der Waals surface area contributed by atoms with Gasteiger partial charge in [0, 0.05) is 28.9 Å². The molecule has 4 N–H and O–H groups in total. The van der Waals surface area contributed by atoms with Gasteiger partial charge in [-0.05, 0) is 26.0 Å². The first-order valence-electron chi connectivity index (χ1n) is 5.62. The largest absolute Gasteiger partial charge is 0.349 e. The van der Waals surface area contributed by atoms with Crippen LogP contribution in [0.1, 0.15) is 22.8 Å². The van der Waals surface area contributed by atoms with Crippen molar-refractivity contribution in [1.29, 1.82) is 0 Å². The third-order valence-electron chi connectivity index (χ3n) is 2.44. The lowest BCUT2D eigenvalue weighted by molar-refractivity contribution is 0.0944. The van der Waals surface area contributed by atoms with Crippen molar-refractivity contribution in [2.24, 2.45) is 5.84 Å². The van der Waals surface area contributed by atoms with Gasteiger partial charge in [-0.1, -0.05) is 11.6 Å². The number of nitrogens with two attached hydrogens (primary N) is 1. The number of amides is 1. The Morgan fingerprint density at radius 2 is 2.17 bits per heavy atom. The maximum atomic E-state index is 12.1. The zero-order chi connectivity index (χ0) is 13.7. The molecule has 0 saturated heterocycles. The molecule has 1 aromatic carbocycles. The Kier molecular flexibility index (Phi) is 5.30. The van der Waals surface area contributed by atoms with Crippen LogP contribution in [0.25, 0.3) is 0 Å². The third-order valence-corrected chi connectivity index (χ3v) is 3.41. The number of benzene rings is 1. The minimum Gasteiger partial charge on any atom is -0.349 e. The van der Waals surface area contributed by atoms with Gasteiger partial charge in [-0.2, -0.15) is 0 Å². The van der Waals surface area contributed by atoms with Gasteiger partial charge in [-0.15, -0.1) is 0 Å². The summed E-state index contributed by atoms with van der Waals surface area (Å²) >= 11 is 0. The highest BCUT2D eigenvalue weighted by Crippen LogP contribution is 2.16. The molecule has 0 aromatic heterocycles. The molecular weight excluding hydrogens is 250 g/mol. The molecule has 1 aromatic rings. The summed E-state index contributed by atoms with van der Waals surface area (Å²) in [5.74, 6) is 5.59. The first kappa shape index (κ1) is 14.7. The Bertz CT molecular complexity index is 463. The van der Waals surface area contributed by atoms with Crippen molar-refractivity contribution in [3.05, 3.63) is 29.3 Å². The van der Waals surface area contributed by atoms with Crippen LogP contribution in [0.4, 0.5) is 5.69 Å². The van der Waals surface area contributed by atoms with Gasteiger partial charge in [-0.25, -0.2) is 0 Å². The highest BCUT2D eigenvalue weighted by atomic mass is 32.2. The number of carbonyl (C=O) groups excluding carboxylic acids is 1. The highest BCUT2D eigenvalue weighted by Gasteiger charge is 2.14. The number of rotatable bonds is 5. The third kappa shape index (κ3) is 4.12. The first-order chi connectivity index (χ1) is 8.43. The van der Waals surface area contributed by atoms with Crippen molar-refractivity contribution in [2.75, 3.05) is 17.4 Å². The first-order valence-corrected chi connectivity index (χ1v) is 7.35. The topological polar surface area (TPSA) is 84.2 Å². The van der Waals surface area contributed by atoms with E-state index >= 15 is 0 Å². The van der Waals surface area contributed by atoms with Crippen molar-refractivity contribution >= 4 is 22.4 Å². The molecule has 0 aliphatic rings. The Morgan fingerprint density at radius 3 is 2.72 bits per heavy atom. The lowest BCUT2D eigenvalue weighted by Gasteiger charge is -2.15. The van der Waals surface area contributed by atoms with E-state index < -0.39 is 10.8 Å². The van der Waals surface area contributed by atoms with E-state index in [0.29, 0.717) is 17.0 Å². The molecule has 0 aliphatic heterocycles. The van der Waals surface area contributed by atoms with E-state index in [9.17, 15) is 9.00 Å². The van der Waals surface area contributed by atoms with Crippen molar-refractivity contribution in [2.45, 2.75) is 19.9 Å². The SMILES string of the molecule is Cc1ccc(NN)c(C(=O)NC(C)CS(C)=O)c1. The van der Waals surface area contributed by atoms with Crippen LogP contribution >= 0.6 is 0 Å².